The SMILES string of the molecule is O=C(CCl)N(Cc1cccc(Cl)c1Cl)c1ccc(Oc2ccccc2)c(C(F)(F)F)c1. The van der Waals surface area contributed by atoms with E-state index in [1.165, 1.54) is 12.1 Å². The van der Waals surface area contributed by atoms with Crippen LogP contribution in [0.2, 0.25) is 10.0 Å². The molecule has 0 saturated carbocycles. The molecule has 3 nitrogen and oxygen atoms in total. The topological polar surface area (TPSA) is 29.5 Å². The quantitative estimate of drug-likeness (QED) is 0.335. The average molecular weight is 489 g/mol. The van der Waals surface area contributed by atoms with E-state index in [-0.39, 0.29) is 33.8 Å². The Kier molecular flexibility index (Phi) is 7.36. The summed E-state index contributed by atoms with van der Waals surface area (Å²) < 4.78 is 46.7. The average Bonchev–Trinajstić information content (AvgIpc) is 2.74. The van der Waals surface area contributed by atoms with Crippen molar-refractivity contribution in [2.24, 2.45) is 0 Å². The lowest BCUT2D eigenvalue weighted by molar-refractivity contribution is -0.138. The number of benzene rings is 3. The molecule has 0 N–H and O–H groups in total. The Labute approximate surface area is 191 Å². The number of anilines is 1. The highest BCUT2D eigenvalue weighted by atomic mass is 35.5. The smallest absolute Gasteiger partial charge is 0.420 e. The molecule has 0 heterocycles. The number of rotatable bonds is 6. The van der Waals surface area contributed by atoms with Crippen molar-refractivity contribution in [2.75, 3.05) is 10.8 Å². The molecule has 0 spiro atoms. The highest BCUT2D eigenvalue weighted by Gasteiger charge is 2.36. The Morgan fingerprint density at radius 3 is 2.32 bits per heavy atom. The van der Waals surface area contributed by atoms with Crippen molar-refractivity contribution >= 4 is 46.4 Å². The maximum Gasteiger partial charge on any atom is 0.420 e. The molecule has 0 aliphatic carbocycles. The minimum Gasteiger partial charge on any atom is -0.457 e. The van der Waals surface area contributed by atoms with E-state index in [1.54, 1.807) is 48.5 Å². The maximum atomic E-state index is 13.8. The molecule has 162 valence electrons. The molecule has 0 aromatic heterocycles. The molecular formula is C22H15Cl3F3NO2. The van der Waals surface area contributed by atoms with Crippen LogP contribution in [-0.4, -0.2) is 11.8 Å². The number of para-hydroxylation sites is 1. The molecule has 9 heteroatoms. The third-order valence-corrected chi connectivity index (χ3v) is 5.41. The summed E-state index contributed by atoms with van der Waals surface area (Å²) in [5.41, 5.74) is -0.571. The Morgan fingerprint density at radius 1 is 0.968 bits per heavy atom. The zero-order valence-electron chi connectivity index (χ0n) is 15.8. The summed E-state index contributed by atoms with van der Waals surface area (Å²) in [5.74, 6) is -1.16. The minimum absolute atomic E-state index is 0.00516. The van der Waals surface area contributed by atoms with E-state index >= 15 is 0 Å². The van der Waals surface area contributed by atoms with Gasteiger partial charge in [0.25, 0.3) is 0 Å². The fraction of sp³-hybridized carbons (Fsp3) is 0.136. The van der Waals surface area contributed by atoms with Gasteiger partial charge in [-0.2, -0.15) is 13.2 Å². The molecule has 3 aromatic carbocycles. The maximum absolute atomic E-state index is 13.8. The molecule has 0 radical (unpaired) electrons. The lowest BCUT2D eigenvalue weighted by Gasteiger charge is -2.24. The van der Waals surface area contributed by atoms with Crippen LogP contribution in [0.1, 0.15) is 11.1 Å². The Balaban J connectivity index is 2.03. The van der Waals surface area contributed by atoms with Gasteiger partial charge in [-0.05, 0) is 42.0 Å². The number of hydrogen-bond donors (Lipinski definition) is 0. The highest BCUT2D eigenvalue weighted by molar-refractivity contribution is 6.42. The summed E-state index contributed by atoms with van der Waals surface area (Å²) in [4.78, 5) is 13.6. The van der Waals surface area contributed by atoms with E-state index in [4.69, 9.17) is 39.5 Å². The Hall–Kier alpha value is -2.41. The molecule has 3 rings (SSSR count). The third kappa shape index (κ3) is 5.64. The number of carbonyl (C=O) groups is 1. The van der Waals surface area contributed by atoms with Crippen LogP contribution >= 0.6 is 34.8 Å². The van der Waals surface area contributed by atoms with E-state index < -0.39 is 23.5 Å². The van der Waals surface area contributed by atoms with Crippen molar-refractivity contribution in [3.05, 3.63) is 87.9 Å². The molecular weight excluding hydrogens is 474 g/mol. The molecule has 0 bridgehead atoms. The van der Waals surface area contributed by atoms with Crippen LogP contribution in [0.15, 0.2) is 66.7 Å². The number of carbonyl (C=O) groups excluding carboxylic acids is 1. The van der Waals surface area contributed by atoms with Crippen molar-refractivity contribution < 1.29 is 22.7 Å². The van der Waals surface area contributed by atoms with Gasteiger partial charge in [0.05, 0.1) is 16.6 Å². The van der Waals surface area contributed by atoms with Crippen LogP contribution in [0.25, 0.3) is 0 Å². The number of halogens is 6. The summed E-state index contributed by atoms with van der Waals surface area (Å²) in [6, 6.07) is 16.3. The minimum atomic E-state index is -4.72. The van der Waals surface area contributed by atoms with Crippen molar-refractivity contribution in [3.63, 3.8) is 0 Å². The van der Waals surface area contributed by atoms with Crippen LogP contribution in [0, 0.1) is 0 Å². The monoisotopic (exact) mass is 487 g/mol. The van der Waals surface area contributed by atoms with Crippen LogP contribution in [0.4, 0.5) is 18.9 Å². The first-order chi connectivity index (χ1) is 14.7. The van der Waals surface area contributed by atoms with Crippen molar-refractivity contribution in [2.45, 2.75) is 12.7 Å². The second kappa shape index (κ2) is 9.81. The van der Waals surface area contributed by atoms with E-state index in [0.717, 1.165) is 11.0 Å². The van der Waals surface area contributed by atoms with Gasteiger partial charge in [-0.3, -0.25) is 4.79 Å². The molecule has 0 saturated heterocycles. The van der Waals surface area contributed by atoms with Gasteiger partial charge in [0.1, 0.15) is 22.9 Å². The van der Waals surface area contributed by atoms with Gasteiger partial charge >= 0.3 is 6.18 Å². The van der Waals surface area contributed by atoms with E-state index in [1.807, 2.05) is 0 Å². The predicted octanol–water partition coefficient (Wildman–Crippen LogP) is 7.58. The summed E-state index contributed by atoms with van der Waals surface area (Å²) in [6.45, 7) is -0.110. The van der Waals surface area contributed by atoms with Crippen LogP contribution in [0.3, 0.4) is 0 Å². The first kappa shape index (κ1) is 23.3. The third-order valence-electron chi connectivity index (χ3n) is 4.33. The largest absolute Gasteiger partial charge is 0.457 e. The van der Waals surface area contributed by atoms with Crippen LogP contribution < -0.4 is 9.64 Å². The van der Waals surface area contributed by atoms with E-state index in [9.17, 15) is 18.0 Å². The fourth-order valence-electron chi connectivity index (χ4n) is 2.85. The van der Waals surface area contributed by atoms with Crippen LogP contribution in [-0.2, 0) is 17.5 Å². The number of amides is 1. The molecule has 31 heavy (non-hydrogen) atoms. The molecule has 0 fully saturated rings. The summed E-state index contributed by atoms with van der Waals surface area (Å²) in [7, 11) is 0. The zero-order chi connectivity index (χ0) is 22.6. The fourth-order valence-corrected chi connectivity index (χ4v) is 3.37. The molecule has 3 aromatic rings. The van der Waals surface area contributed by atoms with Gasteiger partial charge in [0, 0.05) is 5.69 Å². The predicted molar refractivity (Wildman–Crippen MR) is 116 cm³/mol. The molecule has 0 aliphatic heterocycles. The van der Waals surface area contributed by atoms with Gasteiger partial charge in [-0.15, -0.1) is 11.6 Å². The van der Waals surface area contributed by atoms with Gasteiger partial charge in [0.15, 0.2) is 0 Å². The molecule has 1 amide bonds. The van der Waals surface area contributed by atoms with E-state index in [2.05, 4.69) is 0 Å². The normalized spacial score (nSPS) is 11.3. The van der Waals surface area contributed by atoms with Gasteiger partial charge in [-0.25, -0.2) is 0 Å². The number of alkyl halides is 4. The second-order valence-corrected chi connectivity index (χ2v) is 7.47. The lowest BCUT2D eigenvalue weighted by atomic mass is 10.1. The van der Waals surface area contributed by atoms with Gasteiger partial charge < -0.3 is 9.64 Å². The first-order valence-electron chi connectivity index (χ1n) is 8.94. The molecule has 0 unspecified atom stereocenters. The first-order valence-corrected chi connectivity index (χ1v) is 10.2. The van der Waals surface area contributed by atoms with Gasteiger partial charge in [-0.1, -0.05) is 53.5 Å². The number of nitrogens with zero attached hydrogens (tertiary/aromatic N) is 1. The number of ether oxygens (including phenoxy) is 1. The lowest BCUT2D eigenvalue weighted by Crippen LogP contribution is -2.31. The Morgan fingerprint density at radius 2 is 1.68 bits per heavy atom. The van der Waals surface area contributed by atoms with Crippen molar-refractivity contribution in [3.8, 4) is 11.5 Å². The second-order valence-electron chi connectivity index (χ2n) is 6.42. The number of hydrogen-bond acceptors (Lipinski definition) is 2. The van der Waals surface area contributed by atoms with Crippen molar-refractivity contribution in [1.29, 1.82) is 0 Å². The summed E-state index contributed by atoms with van der Waals surface area (Å²) in [5, 5.41) is 0.469. The molecule has 0 aliphatic rings. The zero-order valence-corrected chi connectivity index (χ0v) is 18.1. The highest BCUT2D eigenvalue weighted by Crippen LogP contribution is 2.41. The summed E-state index contributed by atoms with van der Waals surface area (Å²) >= 11 is 17.9. The van der Waals surface area contributed by atoms with Crippen LogP contribution in [0.5, 0.6) is 11.5 Å². The van der Waals surface area contributed by atoms with Crippen molar-refractivity contribution in [1.82, 2.24) is 0 Å². The Bertz CT molecular complexity index is 1080. The standard InChI is InChI=1S/C22H15Cl3F3NO2/c23-12-20(30)29(13-14-5-4-8-18(24)21(14)25)15-9-10-19(17(11-15)22(26,27)28)31-16-6-2-1-3-7-16/h1-11H,12-13H2. The van der Waals surface area contributed by atoms with Gasteiger partial charge in [0.2, 0.25) is 5.91 Å². The summed E-state index contributed by atoms with van der Waals surface area (Å²) in [6.07, 6.45) is -4.72. The van der Waals surface area contributed by atoms with E-state index in [0.29, 0.717) is 5.56 Å². The molecule has 0 atom stereocenters.